The Labute approximate surface area is 87.9 Å². The molecule has 0 amide bonds. The molecule has 0 atom stereocenters. The fourth-order valence-corrected chi connectivity index (χ4v) is 1.86. The molecule has 1 heterocycles. The van der Waals surface area contributed by atoms with Crippen LogP contribution in [0.3, 0.4) is 0 Å². The Morgan fingerprint density at radius 2 is 2.15 bits per heavy atom. The Kier molecular flexibility index (Phi) is 4.59. The van der Waals surface area contributed by atoms with Crippen molar-refractivity contribution in [3.63, 3.8) is 0 Å². The smallest absolute Gasteiger partial charge is 0.225 e. The van der Waals surface area contributed by atoms with Gasteiger partial charge in [-0.25, -0.2) is 0 Å². The molecule has 13 heavy (non-hydrogen) atoms. The molecule has 0 saturated heterocycles. The van der Waals surface area contributed by atoms with E-state index >= 15 is 0 Å². The summed E-state index contributed by atoms with van der Waals surface area (Å²) in [5, 5.41) is 8.18. The molecule has 0 unspecified atom stereocenters. The van der Waals surface area contributed by atoms with E-state index in [9.17, 15) is 0 Å². The van der Waals surface area contributed by atoms with Crippen LogP contribution < -0.4 is 0 Å². The molecular formula is C8H14ClN3S. The highest BCUT2D eigenvalue weighted by Crippen LogP contribution is 2.09. The topological polar surface area (TPSA) is 30.7 Å². The van der Waals surface area contributed by atoms with Crippen molar-refractivity contribution in [1.29, 1.82) is 0 Å². The average molecular weight is 220 g/mol. The lowest BCUT2D eigenvalue weighted by molar-refractivity contribution is 0.619. The second-order valence-electron chi connectivity index (χ2n) is 2.87. The maximum Gasteiger partial charge on any atom is 0.225 e. The zero-order valence-electron chi connectivity index (χ0n) is 7.96. The van der Waals surface area contributed by atoms with Gasteiger partial charge in [0.25, 0.3) is 0 Å². The maximum absolute atomic E-state index is 5.84. The highest BCUT2D eigenvalue weighted by Gasteiger charge is 2.04. The van der Waals surface area contributed by atoms with Gasteiger partial charge in [0.15, 0.2) is 0 Å². The van der Waals surface area contributed by atoms with Crippen LogP contribution in [0.5, 0.6) is 0 Å². The van der Waals surface area contributed by atoms with Crippen LogP contribution in [-0.2, 0) is 6.54 Å². The van der Waals surface area contributed by atoms with E-state index in [2.05, 4.69) is 16.5 Å². The first kappa shape index (κ1) is 10.9. The summed E-state index contributed by atoms with van der Waals surface area (Å²) in [6.45, 7) is 2.85. The molecule has 0 bridgehead atoms. The van der Waals surface area contributed by atoms with Crippen molar-refractivity contribution in [1.82, 2.24) is 14.8 Å². The molecule has 0 radical (unpaired) electrons. The predicted molar refractivity (Wildman–Crippen MR) is 57.4 cm³/mol. The molecule has 3 nitrogen and oxygen atoms in total. The number of hydrogen-bond acceptors (Lipinski definition) is 3. The van der Waals surface area contributed by atoms with Crippen molar-refractivity contribution in [2.75, 3.05) is 12.0 Å². The highest BCUT2D eigenvalue weighted by atomic mass is 35.5. The average Bonchev–Trinajstić information content (AvgIpc) is 2.42. The van der Waals surface area contributed by atoms with E-state index < -0.39 is 0 Å². The second-order valence-corrected chi connectivity index (χ2v) is 4.19. The third-order valence-electron chi connectivity index (χ3n) is 1.87. The minimum absolute atomic E-state index is 0.502. The summed E-state index contributed by atoms with van der Waals surface area (Å²) in [7, 11) is 0. The molecular weight excluding hydrogens is 206 g/mol. The first-order chi connectivity index (χ1) is 6.25. The Morgan fingerprint density at radius 3 is 2.69 bits per heavy atom. The van der Waals surface area contributed by atoms with Gasteiger partial charge >= 0.3 is 0 Å². The van der Waals surface area contributed by atoms with Crippen LogP contribution in [0.2, 0.25) is 5.28 Å². The van der Waals surface area contributed by atoms with Crippen molar-refractivity contribution in [2.45, 2.75) is 26.3 Å². The van der Waals surface area contributed by atoms with Crippen LogP contribution in [0.1, 0.15) is 18.7 Å². The SMILES string of the molecule is CSCCCCn1c(C)nnc1Cl. The van der Waals surface area contributed by atoms with Gasteiger partial charge in [-0.15, -0.1) is 10.2 Å². The van der Waals surface area contributed by atoms with Gasteiger partial charge < -0.3 is 4.57 Å². The van der Waals surface area contributed by atoms with Crippen molar-refractivity contribution < 1.29 is 0 Å². The van der Waals surface area contributed by atoms with Crippen molar-refractivity contribution in [3.8, 4) is 0 Å². The summed E-state index contributed by atoms with van der Waals surface area (Å²) >= 11 is 7.72. The minimum Gasteiger partial charge on any atom is -0.302 e. The summed E-state index contributed by atoms with van der Waals surface area (Å²) in [5.74, 6) is 2.10. The van der Waals surface area contributed by atoms with E-state index in [0.717, 1.165) is 18.8 Å². The van der Waals surface area contributed by atoms with Gasteiger partial charge in [0.05, 0.1) is 0 Å². The largest absolute Gasteiger partial charge is 0.302 e. The van der Waals surface area contributed by atoms with Crippen LogP contribution in [0.25, 0.3) is 0 Å². The standard InChI is InChI=1S/C8H14ClN3S/c1-7-10-11-8(9)12(7)5-3-4-6-13-2/h3-6H2,1-2H3. The van der Waals surface area contributed by atoms with Crippen molar-refractivity contribution >= 4 is 23.4 Å². The molecule has 0 aliphatic rings. The summed E-state index contributed by atoms with van der Waals surface area (Å²) < 4.78 is 1.95. The molecule has 0 spiro atoms. The maximum atomic E-state index is 5.84. The van der Waals surface area contributed by atoms with E-state index in [-0.39, 0.29) is 0 Å². The summed E-state index contributed by atoms with van der Waals surface area (Å²) in [6.07, 6.45) is 4.48. The number of aryl methyl sites for hydroxylation is 1. The fraction of sp³-hybridized carbons (Fsp3) is 0.750. The van der Waals surface area contributed by atoms with Crippen LogP contribution >= 0.6 is 23.4 Å². The van der Waals surface area contributed by atoms with Gasteiger partial charge in [-0.05, 0) is 43.4 Å². The van der Waals surface area contributed by atoms with E-state index in [1.165, 1.54) is 12.2 Å². The molecule has 0 aliphatic heterocycles. The number of rotatable bonds is 5. The van der Waals surface area contributed by atoms with Gasteiger partial charge in [0.1, 0.15) is 5.82 Å². The van der Waals surface area contributed by atoms with Gasteiger partial charge in [-0.3, -0.25) is 0 Å². The van der Waals surface area contributed by atoms with Crippen LogP contribution in [0.15, 0.2) is 0 Å². The number of unbranched alkanes of at least 4 members (excludes halogenated alkanes) is 1. The molecule has 0 aromatic carbocycles. The lowest BCUT2D eigenvalue weighted by Crippen LogP contribution is -2.01. The first-order valence-electron chi connectivity index (χ1n) is 4.30. The molecule has 0 N–H and O–H groups in total. The lowest BCUT2D eigenvalue weighted by Gasteiger charge is -2.03. The predicted octanol–water partition coefficient (Wildman–Crippen LogP) is 2.38. The van der Waals surface area contributed by atoms with E-state index in [1.807, 2.05) is 23.3 Å². The summed E-state index contributed by atoms with van der Waals surface area (Å²) in [6, 6.07) is 0. The zero-order valence-corrected chi connectivity index (χ0v) is 9.53. The molecule has 1 aromatic heterocycles. The van der Waals surface area contributed by atoms with Gasteiger partial charge in [-0.2, -0.15) is 11.8 Å². The van der Waals surface area contributed by atoms with Crippen molar-refractivity contribution in [3.05, 3.63) is 11.1 Å². The Bertz CT molecular complexity index is 242. The van der Waals surface area contributed by atoms with Gasteiger partial charge in [0, 0.05) is 6.54 Å². The molecule has 74 valence electrons. The number of hydrogen-bond donors (Lipinski definition) is 0. The van der Waals surface area contributed by atoms with E-state index in [0.29, 0.717) is 5.28 Å². The highest BCUT2D eigenvalue weighted by molar-refractivity contribution is 7.98. The zero-order chi connectivity index (χ0) is 9.68. The van der Waals surface area contributed by atoms with Gasteiger partial charge in [-0.1, -0.05) is 0 Å². The van der Waals surface area contributed by atoms with E-state index in [4.69, 9.17) is 11.6 Å². The van der Waals surface area contributed by atoms with E-state index in [1.54, 1.807) is 0 Å². The Balaban J connectivity index is 2.36. The minimum atomic E-state index is 0.502. The molecule has 0 saturated carbocycles. The molecule has 1 rings (SSSR count). The Morgan fingerprint density at radius 1 is 1.38 bits per heavy atom. The lowest BCUT2D eigenvalue weighted by atomic mass is 10.3. The third-order valence-corrected chi connectivity index (χ3v) is 2.85. The number of nitrogens with zero attached hydrogens (tertiary/aromatic N) is 3. The fourth-order valence-electron chi connectivity index (χ4n) is 1.13. The van der Waals surface area contributed by atoms with Crippen molar-refractivity contribution in [2.24, 2.45) is 0 Å². The van der Waals surface area contributed by atoms with Gasteiger partial charge in [0.2, 0.25) is 5.28 Å². The van der Waals surface area contributed by atoms with Crippen LogP contribution in [0.4, 0.5) is 0 Å². The molecule has 0 fully saturated rings. The quantitative estimate of drug-likeness (QED) is 0.713. The second kappa shape index (κ2) is 5.50. The molecule has 1 aromatic rings. The number of aromatic nitrogens is 3. The third kappa shape index (κ3) is 3.19. The number of halogens is 1. The molecule has 5 heteroatoms. The Hall–Kier alpha value is -0.220. The summed E-state index contributed by atoms with van der Waals surface area (Å²) in [4.78, 5) is 0. The summed E-state index contributed by atoms with van der Waals surface area (Å²) in [5.41, 5.74) is 0. The number of thioether (sulfide) groups is 1. The van der Waals surface area contributed by atoms with Crippen LogP contribution in [-0.4, -0.2) is 26.8 Å². The molecule has 0 aliphatic carbocycles. The first-order valence-corrected chi connectivity index (χ1v) is 6.07. The van der Waals surface area contributed by atoms with Crippen LogP contribution in [0, 0.1) is 6.92 Å². The normalized spacial score (nSPS) is 10.7. The monoisotopic (exact) mass is 219 g/mol.